The number of rotatable bonds is 1. The van der Waals surface area contributed by atoms with E-state index in [2.05, 4.69) is 94.0 Å². The number of hydrogen-bond acceptors (Lipinski definition) is 0. The summed E-state index contributed by atoms with van der Waals surface area (Å²) in [6, 6.07) is 18.0. The molecule has 0 amide bonds. The molecule has 0 radical (unpaired) electrons. The van der Waals surface area contributed by atoms with Gasteiger partial charge in [-0.25, -0.2) is 4.57 Å². The Hall–Kier alpha value is -2.41. The van der Waals surface area contributed by atoms with Crippen molar-refractivity contribution in [2.24, 2.45) is 7.05 Å². The second kappa shape index (κ2) is 5.04. The fraction of sp³-hybridized carbons (Fsp3) is 0.261. The molecule has 0 saturated heterocycles. The van der Waals surface area contributed by atoms with Crippen molar-refractivity contribution in [2.75, 3.05) is 0 Å². The smallest absolute Gasteiger partial charge is 0.201 e. The molecule has 2 aromatic carbocycles. The SMILES string of the molecule is Cc1cc2c(cc1-c1c(C)ccc[n+]1C)-c1ccccc1C2(C)C. The fourth-order valence-electron chi connectivity index (χ4n) is 4.26. The predicted octanol–water partition coefficient (Wildman–Crippen LogP) is 5.10. The van der Waals surface area contributed by atoms with E-state index in [4.69, 9.17) is 0 Å². The predicted molar refractivity (Wildman–Crippen MR) is 100 cm³/mol. The van der Waals surface area contributed by atoms with Gasteiger partial charge in [-0.3, -0.25) is 0 Å². The molecular formula is C23H24N+. The summed E-state index contributed by atoms with van der Waals surface area (Å²) in [5.74, 6) is 0. The van der Waals surface area contributed by atoms with Crippen LogP contribution < -0.4 is 4.57 Å². The van der Waals surface area contributed by atoms with Crippen molar-refractivity contribution in [1.29, 1.82) is 0 Å². The number of pyridine rings is 1. The van der Waals surface area contributed by atoms with E-state index in [-0.39, 0.29) is 5.41 Å². The zero-order valence-corrected chi connectivity index (χ0v) is 15.1. The molecule has 0 N–H and O–H groups in total. The molecule has 0 spiro atoms. The molecule has 1 heteroatoms. The lowest BCUT2D eigenvalue weighted by molar-refractivity contribution is -0.660. The van der Waals surface area contributed by atoms with Crippen molar-refractivity contribution >= 4 is 0 Å². The van der Waals surface area contributed by atoms with Gasteiger partial charge in [-0.1, -0.05) is 44.2 Å². The summed E-state index contributed by atoms with van der Waals surface area (Å²) >= 11 is 0. The molecule has 3 aromatic rings. The standard InChI is InChI=1S/C23H24N/c1-15-9-8-12-24(5)22(15)18-14-19-17-10-6-7-11-20(17)23(3,4)21(19)13-16(18)2/h6-14H,1-5H3/q+1. The lowest BCUT2D eigenvalue weighted by Crippen LogP contribution is -2.31. The van der Waals surface area contributed by atoms with E-state index < -0.39 is 0 Å². The third-order valence-electron chi connectivity index (χ3n) is 5.57. The van der Waals surface area contributed by atoms with Crippen LogP contribution in [0.25, 0.3) is 22.4 Å². The molecule has 120 valence electrons. The second-order valence-electron chi connectivity index (χ2n) is 7.53. The molecule has 1 heterocycles. The maximum atomic E-state index is 2.40. The molecule has 0 aliphatic heterocycles. The van der Waals surface area contributed by atoms with Crippen molar-refractivity contribution < 1.29 is 4.57 Å². The second-order valence-corrected chi connectivity index (χ2v) is 7.53. The Morgan fingerprint density at radius 1 is 0.750 bits per heavy atom. The van der Waals surface area contributed by atoms with Gasteiger partial charge in [0.15, 0.2) is 6.20 Å². The van der Waals surface area contributed by atoms with E-state index in [9.17, 15) is 0 Å². The Morgan fingerprint density at radius 2 is 1.50 bits per heavy atom. The van der Waals surface area contributed by atoms with Crippen LogP contribution in [0.1, 0.15) is 36.1 Å². The van der Waals surface area contributed by atoms with E-state index in [0.29, 0.717) is 0 Å². The lowest BCUT2D eigenvalue weighted by Gasteiger charge is -2.22. The highest BCUT2D eigenvalue weighted by Crippen LogP contribution is 2.50. The number of aryl methyl sites for hydroxylation is 3. The number of hydrogen-bond donors (Lipinski definition) is 0. The fourth-order valence-corrected chi connectivity index (χ4v) is 4.26. The summed E-state index contributed by atoms with van der Waals surface area (Å²) in [5.41, 5.74) is 11.0. The first-order valence-electron chi connectivity index (χ1n) is 8.62. The molecule has 0 bridgehead atoms. The quantitative estimate of drug-likeness (QED) is 0.550. The first-order valence-corrected chi connectivity index (χ1v) is 8.62. The Balaban J connectivity index is 2.04. The third-order valence-corrected chi connectivity index (χ3v) is 5.57. The zero-order valence-electron chi connectivity index (χ0n) is 15.1. The van der Waals surface area contributed by atoms with Crippen LogP contribution in [-0.2, 0) is 12.5 Å². The van der Waals surface area contributed by atoms with Gasteiger partial charge in [0.2, 0.25) is 5.69 Å². The van der Waals surface area contributed by atoms with Crippen molar-refractivity contribution in [3.8, 4) is 22.4 Å². The van der Waals surface area contributed by atoms with E-state index in [1.165, 1.54) is 44.6 Å². The zero-order chi connectivity index (χ0) is 17.1. The molecule has 1 aromatic heterocycles. The molecule has 0 fully saturated rings. The summed E-state index contributed by atoms with van der Waals surface area (Å²) < 4.78 is 2.23. The van der Waals surface area contributed by atoms with Crippen LogP contribution in [0.5, 0.6) is 0 Å². The molecule has 1 nitrogen and oxygen atoms in total. The molecule has 24 heavy (non-hydrogen) atoms. The van der Waals surface area contributed by atoms with Crippen molar-refractivity contribution in [3.05, 3.63) is 77.0 Å². The average molecular weight is 314 g/mol. The normalized spacial score (nSPS) is 14.4. The minimum atomic E-state index is 0.0726. The Morgan fingerprint density at radius 3 is 2.25 bits per heavy atom. The van der Waals surface area contributed by atoms with Gasteiger partial charge in [-0.2, -0.15) is 0 Å². The van der Waals surface area contributed by atoms with Crippen LogP contribution in [0.15, 0.2) is 54.7 Å². The van der Waals surface area contributed by atoms with E-state index >= 15 is 0 Å². The van der Waals surface area contributed by atoms with Gasteiger partial charge < -0.3 is 0 Å². The van der Waals surface area contributed by atoms with Gasteiger partial charge in [-0.05, 0) is 53.8 Å². The van der Waals surface area contributed by atoms with Crippen molar-refractivity contribution in [3.63, 3.8) is 0 Å². The molecule has 1 aliphatic rings. The highest BCUT2D eigenvalue weighted by Gasteiger charge is 2.36. The van der Waals surface area contributed by atoms with Gasteiger partial charge in [0.25, 0.3) is 0 Å². The average Bonchev–Trinajstić information content (AvgIpc) is 2.76. The van der Waals surface area contributed by atoms with Gasteiger partial charge >= 0.3 is 0 Å². The lowest BCUT2D eigenvalue weighted by atomic mass is 9.81. The summed E-state index contributed by atoms with van der Waals surface area (Å²) in [6.07, 6.45) is 2.13. The van der Waals surface area contributed by atoms with Crippen LogP contribution in [0.4, 0.5) is 0 Å². The highest BCUT2D eigenvalue weighted by atomic mass is 14.9. The molecular weight excluding hydrogens is 290 g/mol. The van der Waals surface area contributed by atoms with Gasteiger partial charge in [0.1, 0.15) is 7.05 Å². The Labute approximate surface area is 144 Å². The topological polar surface area (TPSA) is 3.88 Å². The molecule has 0 atom stereocenters. The molecule has 1 aliphatic carbocycles. The number of aromatic nitrogens is 1. The summed E-state index contributed by atoms with van der Waals surface area (Å²) in [6.45, 7) is 9.11. The van der Waals surface area contributed by atoms with E-state index in [1.54, 1.807) is 0 Å². The summed E-state index contributed by atoms with van der Waals surface area (Å²) in [4.78, 5) is 0. The van der Waals surface area contributed by atoms with Crippen LogP contribution in [-0.4, -0.2) is 0 Å². The number of nitrogens with zero attached hydrogens (tertiary/aromatic N) is 1. The maximum absolute atomic E-state index is 2.40. The third kappa shape index (κ3) is 1.97. The summed E-state index contributed by atoms with van der Waals surface area (Å²) in [7, 11) is 2.13. The minimum Gasteiger partial charge on any atom is -0.201 e. The van der Waals surface area contributed by atoms with Gasteiger partial charge in [0.05, 0.1) is 0 Å². The van der Waals surface area contributed by atoms with Crippen LogP contribution >= 0.6 is 0 Å². The van der Waals surface area contributed by atoms with Crippen LogP contribution in [0.3, 0.4) is 0 Å². The first kappa shape index (κ1) is 15.1. The highest BCUT2D eigenvalue weighted by molar-refractivity contribution is 5.85. The number of fused-ring (bicyclic) bond motifs is 3. The minimum absolute atomic E-state index is 0.0726. The van der Waals surface area contributed by atoms with Crippen LogP contribution in [0.2, 0.25) is 0 Å². The first-order chi connectivity index (χ1) is 11.4. The largest absolute Gasteiger partial charge is 0.215 e. The summed E-state index contributed by atoms with van der Waals surface area (Å²) in [5, 5.41) is 0. The maximum Gasteiger partial charge on any atom is 0.215 e. The molecule has 0 unspecified atom stereocenters. The van der Waals surface area contributed by atoms with Crippen molar-refractivity contribution in [1.82, 2.24) is 0 Å². The monoisotopic (exact) mass is 314 g/mol. The van der Waals surface area contributed by atoms with Crippen LogP contribution in [0, 0.1) is 13.8 Å². The van der Waals surface area contributed by atoms with Crippen molar-refractivity contribution in [2.45, 2.75) is 33.1 Å². The van der Waals surface area contributed by atoms with E-state index in [1.807, 2.05) is 0 Å². The van der Waals surface area contributed by atoms with Gasteiger partial charge in [-0.15, -0.1) is 0 Å². The Kier molecular flexibility index (Phi) is 3.18. The molecule has 4 rings (SSSR count). The van der Waals surface area contributed by atoms with Gasteiger partial charge in [0, 0.05) is 22.6 Å². The number of benzene rings is 2. The van der Waals surface area contributed by atoms with E-state index in [0.717, 1.165) is 0 Å². The molecule has 0 saturated carbocycles. The Bertz CT molecular complexity index is 943.